The van der Waals surface area contributed by atoms with E-state index in [9.17, 15) is 13.2 Å². The van der Waals surface area contributed by atoms with Crippen molar-refractivity contribution in [3.63, 3.8) is 0 Å². The maximum Gasteiger partial charge on any atom is 0.243 e. The zero-order valence-electron chi connectivity index (χ0n) is 19.4. The van der Waals surface area contributed by atoms with Crippen molar-refractivity contribution < 1.29 is 17.9 Å². The van der Waals surface area contributed by atoms with Crippen LogP contribution in [0.25, 0.3) is 0 Å². The molecular weight excluding hydrogens is 436 g/mol. The number of hydrogen-bond donors (Lipinski definition) is 0. The third-order valence-electron chi connectivity index (χ3n) is 6.78. The third-order valence-corrected chi connectivity index (χ3v) is 8.62. The van der Waals surface area contributed by atoms with Gasteiger partial charge in [0, 0.05) is 38.0 Å². The SMILES string of the molecule is Cc1cccc(S(=O)(=O)N2CCC[C@@](COc3ccccc3)(CC(=O)N3CCCCC3)C2)c1. The van der Waals surface area contributed by atoms with E-state index < -0.39 is 15.4 Å². The molecule has 0 aromatic heterocycles. The number of likely N-dealkylation sites (tertiary alicyclic amines) is 1. The Morgan fingerprint density at radius 1 is 0.970 bits per heavy atom. The highest BCUT2D eigenvalue weighted by atomic mass is 32.2. The van der Waals surface area contributed by atoms with Gasteiger partial charge in [-0.2, -0.15) is 4.31 Å². The first-order chi connectivity index (χ1) is 15.9. The Morgan fingerprint density at radius 2 is 1.73 bits per heavy atom. The van der Waals surface area contributed by atoms with E-state index in [0.717, 1.165) is 50.1 Å². The highest BCUT2D eigenvalue weighted by Gasteiger charge is 2.43. The molecule has 2 aliphatic rings. The molecule has 4 rings (SSSR count). The Kier molecular flexibility index (Phi) is 7.39. The molecule has 2 aromatic carbocycles. The average molecular weight is 471 g/mol. The highest BCUT2D eigenvalue weighted by Crippen LogP contribution is 2.37. The van der Waals surface area contributed by atoms with E-state index >= 15 is 0 Å². The molecule has 2 fully saturated rings. The molecule has 2 heterocycles. The summed E-state index contributed by atoms with van der Waals surface area (Å²) >= 11 is 0. The quantitative estimate of drug-likeness (QED) is 0.607. The number of benzene rings is 2. The van der Waals surface area contributed by atoms with Gasteiger partial charge in [0.2, 0.25) is 15.9 Å². The van der Waals surface area contributed by atoms with Gasteiger partial charge in [-0.3, -0.25) is 4.79 Å². The maximum absolute atomic E-state index is 13.5. The fourth-order valence-electron chi connectivity index (χ4n) is 4.93. The van der Waals surface area contributed by atoms with E-state index in [1.165, 1.54) is 0 Å². The number of aryl methyl sites for hydroxylation is 1. The van der Waals surface area contributed by atoms with E-state index in [1.807, 2.05) is 48.2 Å². The number of ether oxygens (including phenoxy) is 1. The minimum absolute atomic E-state index is 0.112. The number of nitrogens with zero attached hydrogens (tertiary/aromatic N) is 2. The van der Waals surface area contributed by atoms with Crippen molar-refractivity contribution in [3.05, 3.63) is 60.2 Å². The normalized spacial score (nSPS) is 22.2. The lowest BCUT2D eigenvalue weighted by molar-refractivity contribution is -0.136. The fraction of sp³-hybridized carbons (Fsp3) is 0.500. The van der Waals surface area contributed by atoms with Crippen molar-refractivity contribution in [1.29, 1.82) is 0 Å². The number of carbonyl (C=O) groups excluding carboxylic acids is 1. The van der Waals surface area contributed by atoms with E-state index in [4.69, 9.17) is 4.74 Å². The Hall–Kier alpha value is -2.38. The molecule has 6 nitrogen and oxygen atoms in total. The molecule has 0 unspecified atom stereocenters. The number of carbonyl (C=O) groups is 1. The van der Waals surface area contributed by atoms with Crippen LogP contribution in [-0.4, -0.2) is 56.3 Å². The van der Waals surface area contributed by atoms with Crippen molar-refractivity contribution in [1.82, 2.24) is 9.21 Å². The summed E-state index contributed by atoms with van der Waals surface area (Å²) in [5, 5.41) is 0. The average Bonchev–Trinajstić information content (AvgIpc) is 2.84. The minimum atomic E-state index is -3.65. The van der Waals surface area contributed by atoms with Crippen LogP contribution in [0.2, 0.25) is 0 Å². The lowest BCUT2D eigenvalue weighted by atomic mass is 9.78. The molecule has 2 aromatic rings. The molecule has 0 bridgehead atoms. The standard InChI is InChI=1S/C26H34N2O4S/c1-22-10-8-13-24(18-22)33(30,31)28-17-9-14-26(20-28,21-32-23-11-4-2-5-12-23)19-25(29)27-15-6-3-7-16-27/h2,4-5,8,10-13,18H,3,6-7,9,14-17,19-21H2,1H3/t26-/m1/s1. The Balaban J connectivity index is 1.57. The number of para-hydroxylation sites is 1. The molecule has 2 aliphatic heterocycles. The topological polar surface area (TPSA) is 66.9 Å². The maximum atomic E-state index is 13.5. The lowest BCUT2D eigenvalue weighted by Crippen LogP contribution is -2.51. The molecule has 7 heteroatoms. The third kappa shape index (κ3) is 5.76. The minimum Gasteiger partial charge on any atom is -0.493 e. The first-order valence-corrected chi connectivity index (χ1v) is 13.3. The van der Waals surface area contributed by atoms with E-state index in [-0.39, 0.29) is 12.5 Å². The summed E-state index contributed by atoms with van der Waals surface area (Å²) in [5.41, 5.74) is 0.353. The monoisotopic (exact) mass is 470 g/mol. The molecule has 0 radical (unpaired) electrons. The van der Waals surface area contributed by atoms with Crippen molar-refractivity contribution >= 4 is 15.9 Å². The summed E-state index contributed by atoms with van der Waals surface area (Å²) in [6.45, 7) is 4.54. The number of rotatable bonds is 7. The Morgan fingerprint density at radius 3 is 2.45 bits per heavy atom. The highest BCUT2D eigenvalue weighted by molar-refractivity contribution is 7.89. The Labute approximate surface area is 197 Å². The first-order valence-electron chi connectivity index (χ1n) is 11.9. The molecular formula is C26H34N2O4S. The second-order valence-electron chi connectivity index (χ2n) is 9.48. The van der Waals surface area contributed by atoms with Gasteiger partial charge in [0.25, 0.3) is 0 Å². The van der Waals surface area contributed by atoms with Crippen LogP contribution < -0.4 is 4.74 Å². The molecule has 33 heavy (non-hydrogen) atoms. The van der Waals surface area contributed by atoms with Gasteiger partial charge < -0.3 is 9.64 Å². The zero-order valence-corrected chi connectivity index (χ0v) is 20.2. The molecule has 0 saturated carbocycles. The van der Waals surface area contributed by atoms with Crippen LogP contribution in [0.4, 0.5) is 0 Å². The number of piperidine rings is 2. The van der Waals surface area contributed by atoms with Crippen molar-refractivity contribution in [2.24, 2.45) is 5.41 Å². The van der Waals surface area contributed by atoms with Gasteiger partial charge in [-0.15, -0.1) is 0 Å². The van der Waals surface area contributed by atoms with Crippen molar-refractivity contribution in [3.8, 4) is 5.75 Å². The van der Waals surface area contributed by atoms with Crippen LogP contribution in [0.5, 0.6) is 5.75 Å². The fourth-order valence-corrected chi connectivity index (χ4v) is 6.63. The molecule has 1 amide bonds. The van der Waals surface area contributed by atoms with Gasteiger partial charge in [-0.25, -0.2) is 8.42 Å². The van der Waals surface area contributed by atoms with Gasteiger partial charge in [-0.05, 0) is 68.9 Å². The molecule has 2 saturated heterocycles. The Bertz CT molecular complexity index is 1050. The smallest absolute Gasteiger partial charge is 0.243 e. The molecule has 0 N–H and O–H groups in total. The van der Waals surface area contributed by atoms with E-state index in [0.29, 0.717) is 30.9 Å². The molecule has 1 atom stereocenters. The molecule has 0 spiro atoms. The number of amides is 1. The van der Waals surface area contributed by atoms with E-state index in [1.54, 1.807) is 22.5 Å². The largest absolute Gasteiger partial charge is 0.493 e. The van der Waals surface area contributed by atoms with Gasteiger partial charge in [0.1, 0.15) is 5.75 Å². The van der Waals surface area contributed by atoms with E-state index in [2.05, 4.69) is 0 Å². The second-order valence-corrected chi connectivity index (χ2v) is 11.4. The predicted octanol–water partition coefficient (Wildman–Crippen LogP) is 4.25. The van der Waals surface area contributed by atoms with Gasteiger partial charge >= 0.3 is 0 Å². The summed E-state index contributed by atoms with van der Waals surface area (Å²) in [4.78, 5) is 15.5. The van der Waals surface area contributed by atoms with Crippen molar-refractivity contribution in [2.75, 3.05) is 32.8 Å². The van der Waals surface area contributed by atoms with Crippen LogP contribution in [0, 0.1) is 12.3 Å². The predicted molar refractivity (Wildman–Crippen MR) is 129 cm³/mol. The van der Waals surface area contributed by atoms with Crippen molar-refractivity contribution in [2.45, 2.75) is 50.3 Å². The van der Waals surface area contributed by atoms with Gasteiger partial charge in [0.05, 0.1) is 11.5 Å². The first kappa shape index (κ1) is 23.8. The van der Waals surface area contributed by atoms with Crippen LogP contribution >= 0.6 is 0 Å². The van der Waals surface area contributed by atoms with Crippen LogP contribution in [0.15, 0.2) is 59.5 Å². The summed E-state index contributed by atoms with van der Waals surface area (Å²) in [6, 6.07) is 16.6. The van der Waals surface area contributed by atoms with Gasteiger partial charge in [-0.1, -0.05) is 30.3 Å². The molecule has 0 aliphatic carbocycles. The molecule has 178 valence electrons. The lowest BCUT2D eigenvalue weighted by Gasteiger charge is -2.42. The summed E-state index contributed by atoms with van der Waals surface area (Å²) in [7, 11) is -3.65. The summed E-state index contributed by atoms with van der Waals surface area (Å²) in [5.74, 6) is 0.849. The zero-order chi connectivity index (χ0) is 23.3. The van der Waals surface area contributed by atoms with Crippen LogP contribution in [-0.2, 0) is 14.8 Å². The van der Waals surface area contributed by atoms with Crippen LogP contribution in [0.1, 0.15) is 44.1 Å². The summed E-state index contributed by atoms with van der Waals surface area (Å²) < 4.78 is 34.6. The second kappa shape index (κ2) is 10.3. The van der Waals surface area contributed by atoms with Crippen LogP contribution in [0.3, 0.4) is 0 Å². The number of sulfonamides is 1. The number of hydrogen-bond acceptors (Lipinski definition) is 4. The van der Waals surface area contributed by atoms with Gasteiger partial charge in [0.15, 0.2) is 0 Å². The summed E-state index contributed by atoms with van der Waals surface area (Å²) in [6.07, 6.45) is 5.00.